The lowest BCUT2D eigenvalue weighted by atomic mass is 10.0. The number of amides is 1. The molecule has 1 aromatic heterocycles. The van der Waals surface area contributed by atoms with Crippen molar-refractivity contribution < 1.29 is 14.3 Å². The molecule has 1 atom stereocenters. The zero-order chi connectivity index (χ0) is 17.9. The molecule has 0 fully saturated rings. The molecule has 0 spiro atoms. The lowest BCUT2D eigenvalue weighted by Gasteiger charge is -2.18. The molecule has 130 valence electrons. The first-order chi connectivity index (χ1) is 11.3. The van der Waals surface area contributed by atoms with E-state index in [4.69, 9.17) is 5.73 Å². The number of halogens is 1. The molecule has 0 saturated heterocycles. The van der Waals surface area contributed by atoms with E-state index in [1.807, 2.05) is 13.8 Å². The minimum atomic E-state index is -0.484. The van der Waals surface area contributed by atoms with Gasteiger partial charge in [0.15, 0.2) is 11.4 Å². The first-order valence-electron chi connectivity index (χ1n) is 7.88. The molecule has 0 bridgehead atoms. The Kier molecular flexibility index (Phi) is 5.56. The number of carbonyl (C=O) groups is 1. The first-order valence-corrected chi connectivity index (χ1v) is 7.88. The monoisotopic (exact) mass is 334 g/mol. The SMILES string of the molecule is Cc1cc(F)ccc1-n1cc(O)c(C(=O)NC(CN)CC(C)C)n1. The van der Waals surface area contributed by atoms with Gasteiger partial charge in [0, 0.05) is 12.6 Å². The molecule has 24 heavy (non-hydrogen) atoms. The highest BCUT2D eigenvalue weighted by Crippen LogP contribution is 2.21. The summed E-state index contributed by atoms with van der Waals surface area (Å²) < 4.78 is 14.6. The summed E-state index contributed by atoms with van der Waals surface area (Å²) in [5.41, 5.74) is 6.82. The van der Waals surface area contributed by atoms with Crippen molar-refractivity contribution in [3.8, 4) is 11.4 Å². The molecular weight excluding hydrogens is 311 g/mol. The van der Waals surface area contributed by atoms with E-state index in [-0.39, 0.29) is 23.3 Å². The summed E-state index contributed by atoms with van der Waals surface area (Å²) in [4.78, 5) is 12.3. The van der Waals surface area contributed by atoms with Gasteiger partial charge in [-0.25, -0.2) is 9.07 Å². The quantitative estimate of drug-likeness (QED) is 0.754. The summed E-state index contributed by atoms with van der Waals surface area (Å²) in [6.45, 7) is 6.11. The number of benzene rings is 1. The Morgan fingerprint density at radius 3 is 2.75 bits per heavy atom. The van der Waals surface area contributed by atoms with E-state index in [9.17, 15) is 14.3 Å². The van der Waals surface area contributed by atoms with E-state index in [0.717, 1.165) is 6.42 Å². The van der Waals surface area contributed by atoms with Gasteiger partial charge < -0.3 is 16.2 Å². The number of nitrogens with two attached hydrogens (primary N) is 1. The number of aromatic nitrogens is 2. The van der Waals surface area contributed by atoms with E-state index in [1.165, 1.54) is 23.0 Å². The zero-order valence-corrected chi connectivity index (χ0v) is 14.1. The van der Waals surface area contributed by atoms with E-state index >= 15 is 0 Å². The van der Waals surface area contributed by atoms with E-state index in [1.54, 1.807) is 13.0 Å². The lowest BCUT2D eigenvalue weighted by molar-refractivity contribution is 0.0925. The number of hydrogen-bond acceptors (Lipinski definition) is 4. The molecule has 1 unspecified atom stereocenters. The van der Waals surface area contributed by atoms with Crippen LogP contribution < -0.4 is 11.1 Å². The number of nitrogens with zero attached hydrogens (tertiary/aromatic N) is 2. The topological polar surface area (TPSA) is 93.2 Å². The Hall–Kier alpha value is -2.41. The van der Waals surface area contributed by atoms with Crippen molar-refractivity contribution in [3.63, 3.8) is 0 Å². The van der Waals surface area contributed by atoms with Crippen LogP contribution in [0.15, 0.2) is 24.4 Å². The second kappa shape index (κ2) is 7.44. The van der Waals surface area contributed by atoms with Crippen LogP contribution in [0.3, 0.4) is 0 Å². The van der Waals surface area contributed by atoms with Crippen LogP contribution in [-0.4, -0.2) is 33.4 Å². The summed E-state index contributed by atoms with van der Waals surface area (Å²) in [6, 6.07) is 4.02. The first kappa shape index (κ1) is 17.9. The normalized spacial score (nSPS) is 12.4. The zero-order valence-electron chi connectivity index (χ0n) is 14.1. The molecule has 0 aliphatic carbocycles. The van der Waals surface area contributed by atoms with Gasteiger partial charge in [0.2, 0.25) is 0 Å². The molecule has 2 aromatic rings. The molecule has 4 N–H and O–H groups in total. The smallest absolute Gasteiger partial charge is 0.275 e. The number of aryl methyl sites for hydroxylation is 1. The van der Waals surface area contributed by atoms with Crippen molar-refractivity contribution in [2.24, 2.45) is 11.7 Å². The number of aromatic hydroxyl groups is 1. The molecule has 6 nitrogen and oxygen atoms in total. The summed E-state index contributed by atoms with van der Waals surface area (Å²) in [7, 11) is 0. The predicted molar refractivity (Wildman–Crippen MR) is 89.7 cm³/mol. The van der Waals surface area contributed by atoms with Gasteiger partial charge in [-0.15, -0.1) is 0 Å². The third kappa shape index (κ3) is 4.11. The molecular formula is C17H23FN4O2. The fourth-order valence-electron chi connectivity index (χ4n) is 2.56. The number of rotatable bonds is 6. The van der Waals surface area contributed by atoms with Crippen molar-refractivity contribution in [1.29, 1.82) is 0 Å². The van der Waals surface area contributed by atoms with Gasteiger partial charge in [0.05, 0.1) is 11.9 Å². The number of carbonyl (C=O) groups excluding carboxylic acids is 1. The standard InChI is InChI=1S/C17H23FN4O2/c1-10(2)6-13(8-19)20-17(24)16-15(23)9-22(21-16)14-5-4-12(18)7-11(14)3/h4-5,7,9-10,13,23H,6,8,19H2,1-3H3,(H,20,24). The molecule has 0 radical (unpaired) electrons. The van der Waals surface area contributed by atoms with Crippen LogP contribution in [0.5, 0.6) is 5.75 Å². The van der Waals surface area contributed by atoms with Crippen LogP contribution in [0.4, 0.5) is 4.39 Å². The number of nitrogens with one attached hydrogen (secondary N) is 1. The molecule has 0 aliphatic heterocycles. The van der Waals surface area contributed by atoms with Crippen LogP contribution in [0.25, 0.3) is 5.69 Å². The summed E-state index contributed by atoms with van der Waals surface area (Å²) in [6.07, 6.45) is 2.07. The van der Waals surface area contributed by atoms with Crippen LogP contribution in [0.2, 0.25) is 0 Å². The minimum Gasteiger partial charge on any atom is -0.504 e. The highest BCUT2D eigenvalue weighted by atomic mass is 19.1. The van der Waals surface area contributed by atoms with E-state index < -0.39 is 5.91 Å². The molecule has 2 rings (SSSR count). The fourth-order valence-corrected chi connectivity index (χ4v) is 2.56. The maximum absolute atomic E-state index is 13.2. The summed E-state index contributed by atoms with van der Waals surface area (Å²) in [5.74, 6) is -0.699. The average molecular weight is 334 g/mol. The van der Waals surface area contributed by atoms with Gasteiger partial charge in [0.1, 0.15) is 5.82 Å². The second-order valence-electron chi connectivity index (χ2n) is 6.27. The summed E-state index contributed by atoms with van der Waals surface area (Å²) in [5, 5.41) is 16.9. The highest BCUT2D eigenvalue weighted by Gasteiger charge is 2.21. The second-order valence-corrected chi connectivity index (χ2v) is 6.27. The van der Waals surface area contributed by atoms with Crippen molar-refractivity contribution in [2.75, 3.05) is 6.54 Å². The van der Waals surface area contributed by atoms with Crippen molar-refractivity contribution in [1.82, 2.24) is 15.1 Å². The molecule has 7 heteroatoms. The fraction of sp³-hybridized carbons (Fsp3) is 0.412. The van der Waals surface area contributed by atoms with E-state index in [2.05, 4.69) is 10.4 Å². The van der Waals surface area contributed by atoms with Crippen LogP contribution in [0.1, 0.15) is 36.3 Å². The Bertz CT molecular complexity index is 727. The van der Waals surface area contributed by atoms with Crippen molar-refractivity contribution in [3.05, 3.63) is 41.5 Å². The maximum Gasteiger partial charge on any atom is 0.275 e. The highest BCUT2D eigenvalue weighted by molar-refractivity contribution is 5.95. The van der Waals surface area contributed by atoms with Gasteiger partial charge >= 0.3 is 0 Å². The average Bonchev–Trinajstić information content (AvgIpc) is 2.87. The van der Waals surface area contributed by atoms with Crippen molar-refractivity contribution >= 4 is 5.91 Å². The number of hydrogen-bond donors (Lipinski definition) is 3. The molecule has 1 heterocycles. The molecule has 0 saturated carbocycles. The van der Waals surface area contributed by atoms with E-state index in [0.29, 0.717) is 23.7 Å². The van der Waals surface area contributed by atoms with Gasteiger partial charge in [-0.1, -0.05) is 13.8 Å². The Morgan fingerprint density at radius 1 is 1.46 bits per heavy atom. The van der Waals surface area contributed by atoms with Gasteiger partial charge in [-0.3, -0.25) is 4.79 Å². The Morgan fingerprint density at radius 2 is 2.17 bits per heavy atom. The Labute approximate surface area is 140 Å². The third-order valence-corrected chi connectivity index (χ3v) is 3.69. The van der Waals surface area contributed by atoms with Crippen LogP contribution in [-0.2, 0) is 0 Å². The molecule has 1 aromatic carbocycles. The molecule has 1 amide bonds. The largest absolute Gasteiger partial charge is 0.504 e. The predicted octanol–water partition coefficient (Wildman–Crippen LogP) is 2.13. The van der Waals surface area contributed by atoms with Crippen LogP contribution >= 0.6 is 0 Å². The van der Waals surface area contributed by atoms with Gasteiger partial charge in [0.25, 0.3) is 5.91 Å². The molecule has 0 aliphatic rings. The maximum atomic E-state index is 13.2. The third-order valence-electron chi connectivity index (χ3n) is 3.69. The lowest BCUT2D eigenvalue weighted by Crippen LogP contribution is -2.41. The van der Waals surface area contributed by atoms with Crippen molar-refractivity contribution in [2.45, 2.75) is 33.2 Å². The van der Waals surface area contributed by atoms with Gasteiger partial charge in [-0.05, 0) is 43.0 Å². The summed E-state index contributed by atoms with van der Waals surface area (Å²) >= 11 is 0. The minimum absolute atomic E-state index is 0.0825. The van der Waals surface area contributed by atoms with Gasteiger partial charge in [-0.2, -0.15) is 5.10 Å². The Balaban J connectivity index is 2.23. The van der Waals surface area contributed by atoms with Crippen LogP contribution in [0, 0.1) is 18.7 Å².